The van der Waals surface area contributed by atoms with Crippen LogP contribution in [0.1, 0.15) is 48.9 Å². The molecule has 4 heteroatoms. The van der Waals surface area contributed by atoms with Crippen LogP contribution in [0, 0.1) is 32.6 Å². The molecular weight excluding hydrogens is 450 g/mol. The maximum absolute atomic E-state index is 6.57. The number of nitrogens with zero attached hydrogens (tertiary/aromatic N) is 1. The summed E-state index contributed by atoms with van der Waals surface area (Å²) >= 11 is -1.94. The van der Waals surface area contributed by atoms with Crippen LogP contribution < -0.4 is 0 Å². The van der Waals surface area contributed by atoms with E-state index in [9.17, 15) is 0 Å². The Morgan fingerprint density at radius 1 is 1.12 bits per heavy atom. The molecule has 1 aliphatic carbocycles. The first-order valence-electron chi connectivity index (χ1n) is 9.36. The van der Waals surface area contributed by atoms with Crippen molar-refractivity contribution in [1.82, 2.24) is 4.90 Å². The van der Waals surface area contributed by atoms with Crippen molar-refractivity contribution in [1.29, 1.82) is 0 Å². The Bertz CT molecular complexity index is 766. The van der Waals surface area contributed by atoms with Crippen LogP contribution in [-0.2, 0) is 19.1 Å². The van der Waals surface area contributed by atoms with Gasteiger partial charge in [-0.15, -0.1) is 0 Å². The molecule has 0 spiro atoms. The summed E-state index contributed by atoms with van der Waals surface area (Å²) in [5, 5.41) is 0. The van der Waals surface area contributed by atoms with E-state index in [-0.39, 0.29) is 5.54 Å². The third kappa shape index (κ3) is 3.44. The van der Waals surface area contributed by atoms with Crippen LogP contribution in [-0.4, -0.2) is 15.7 Å². The van der Waals surface area contributed by atoms with Crippen molar-refractivity contribution in [3.63, 3.8) is 0 Å². The van der Waals surface area contributed by atoms with E-state index in [0.717, 1.165) is 19.4 Å². The summed E-state index contributed by atoms with van der Waals surface area (Å²) in [5.74, 6) is 0.909. The molecule has 0 N–H and O–H groups in total. The summed E-state index contributed by atoms with van der Waals surface area (Å²) in [6.07, 6.45) is 11.4. The van der Waals surface area contributed by atoms with Gasteiger partial charge in [0.2, 0.25) is 0 Å². The molecule has 2 aliphatic rings. The molecule has 0 bridgehead atoms. The first-order valence-corrected chi connectivity index (χ1v) is 14.7. The van der Waals surface area contributed by atoms with E-state index >= 15 is 0 Å². The molecule has 0 radical (unpaired) electrons. The van der Waals surface area contributed by atoms with Crippen molar-refractivity contribution in [2.24, 2.45) is 11.8 Å². The maximum atomic E-state index is 6.57. The van der Waals surface area contributed by atoms with Crippen LogP contribution in [0.4, 0.5) is 0 Å². The van der Waals surface area contributed by atoms with Crippen LogP contribution in [0.25, 0.3) is 0 Å². The van der Waals surface area contributed by atoms with Gasteiger partial charge in [-0.05, 0) is 0 Å². The van der Waals surface area contributed by atoms with E-state index in [1.165, 1.54) is 26.5 Å². The van der Waals surface area contributed by atoms with Gasteiger partial charge in [-0.25, -0.2) is 0 Å². The normalized spacial score (nSPS) is 26.8. The van der Waals surface area contributed by atoms with Crippen molar-refractivity contribution in [3.05, 3.63) is 58.7 Å². The number of hydrogen-bond donors (Lipinski definition) is 0. The molecule has 1 heterocycles. The molecule has 2 unspecified atom stereocenters. The van der Waals surface area contributed by atoms with Crippen molar-refractivity contribution in [2.45, 2.75) is 53.0 Å². The van der Waals surface area contributed by atoms with Gasteiger partial charge in [0.25, 0.3) is 0 Å². The van der Waals surface area contributed by atoms with Crippen molar-refractivity contribution in [3.8, 4) is 0 Å². The van der Waals surface area contributed by atoms with E-state index in [1.807, 2.05) is 0 Å². The third-order valence-electron chi connectivity index (χ3n) is 5.73. The second-order valence-electron chi connectivity index (χ2n) is 7.91. The Morgan fingerprint density at radius 3 is 2.35 bits per heavy atom. The van der Waals surface area contributed by atoms with E-state index in [2.05, 4.69) is 76.0 Å². The Balaban J connectivity index is 2.33. The average molecular weight is 479 g/mol. The van der Waals surface area contributed by atoms with E-state index in [4.69, 9.17) is 19.4 Å². The van der Waals surface area contributed by atoms with Crippen molar-refractivity contribution >= 4 is 23.6 Å². The predicted octanol–water partition coefficient (Wildman–Crippen LogP) is 6.36. The van der Waals surface area contributed by atoms with Gasteiger partial charge < -0.3 is 0 Å². The summed E-state index contributed by atoms with van der Waals surface area (Å²) in [4.78, 5) is 2.58. The molecule has 26 heavy (non-hydrogen) atoms. The number of benzene rings is 1. The molecule has 1 aliphatic heterocycles. The number of rotatable bonds is 3. The third-order valence-corrected chi connectivity index (χ3v) is 9.22. The molecule has 0 aromatic heterocycles. The molecule has 1 saturated heterocycles. The monoisotopic (exact) mass is 479 g/mol. The van der Waals surface area contributed by atoms with Gasteiger partial charge in [0.05, 0.1) is 0 Å². The molecule has 1 nitrogen and oxygen atoms in total. The molecule has 0 saturated carbocycles. The second kappa shape index (κ2) is 8.00. The molecule has 146 valence electrons. The zero-order chi connectivity index (χ0) is 19.1. The van der Waals surface area contributed by atoms with Crippen molar-refractivity contribution in [2.75, 3.05) is 6.54 Å². The Hall–Kier alpha value is -0.267. The number of allylic oxidation sites excluding steroid dienone is 2. The van der Waals surface area contributed by atoms with Crippen LogP contribution in [0.2, 0.25) is 0 Å². The van der Waals surface area contributed by atoms with Crippen LogP contribution in [0.3, 0.4) is 0 Å². The van der Waals surface area contributed by atoms with Gasteiger partial charge >= 0.3 is 172 Å². The van der Waals surface area contributed by atoms with Gasteiger partial charge in [0.1, 0.15) is 0 Å². The molecular formula is C22H29Cl2NRu-2. The first-order chi connectivity index (χ1) is 12.3. The van der Waals surface area contributed by atoms with Crippen LogP contribution in [0.15, 0.2) is 36.4 Å². The Morgan fingerprint density at radius 2 is 1.77 bits per heavy atom. The zero-order valence-corrected chi connectivity index (χ0v) is 19.5. The molecule has 1 aromatic carbocycles. The van der Waals surface area contributed by atoms with Gasteiger partial charge in [0.15, 0.2) is 0 Å². The zero-order valence-electron chi connectivity index (χ0n) is 16.3. The molecule has 1 fully saturated rings. The van der Waals surface area contributed by atoms with Crippen LogP contribution in [0.5, 0.6) is 0 Å². The minimum absolute atomic E-state index is 0.188. The summed E-state index contributed by atoms with van der Waals surface area (Å²) in [7, 11) is 13.1. The average Bonchev–Trinajstić information content (AvgIpc) is 3.04. The van der Waals surface area contributed by atoms with E-state index in [1.54, 1.807) is 0 Å². The second-order valence-corrected chi connectivity index (χ2v) is 13.8. The minimum atomic E-state index is -1.94. The summed E-state index contributed by atoms with van der Waals surface area (Å²) in [6, 6.07) is 4.64. The Labute approximate surface area is 171 Å². The number of likely N-dealkylation sites (tertiary alicyclic amines) is 1. The first kappa shape index (κ1) is 20.5. The van der Waals surface area contributed by atoms with Crippen LogP contribution >= 0.6 is 19.4 Å². The summed E-state index contributed by atoms with van der Waals surface area (Å²) in [6.45, 7) is 12.4. The number of halogens is 2. The predicted molar refractivity (Wildman–Crippen MR) is 112 cm³/mol. The Kier molecular flexibility index (Phi) is 6.30. The molecule has 0 amide bonds. The number of hydrogen-bond acceptors (Lipinski definition) is 1. The quantitative estimate of drug-likeness (QED) is 0.457. The summed E-state index contributed by atoms with van der Waals surface area (Å²) < 4.78 is 1.31. The van der Waals surface area contributed by atoms with Crippen molar-refractivity contribution < 1.29 is 13.5 Å². The topological polar surface area (TPSA) is 3.24 Å². The molecule has 1 aromatic rings. The molecule has 2 atom stereocenters. The number of aryl methyl sites for hydroxylation is 3. The molecule has 3 rings (SSSR count). The standard InChI is InChI=1S/C22H29N.2ClH.Ru/c1-16(2)20-10-6-7-11-22(20,23-12-8-9-13-23)21-18(4)14-17(3)15-19(21)5;;;/h6-7,10-11,14-16,20H,8-9,12H2,1-5H3;2*1H;/p-2. The van der Waals surface area contributed by atoms with Gasteiger partial charge in [-0.1, -0.05) is 0 Å². The van der Waals surface area contributed by atoms with Gasteiger partial charge in [-0.2, -0.15) is 0 Å². The van der Waals surface area contributed by atoms with E-state index in [0.29, 0.717) is 11.8 Å². The SMILES string of the molecule is Cc1cc(C)c(C2(N3CCC[C]3=[Ru-2]([Cl])[Cl])C=CC=CC2C(C)C)c(C)c1. The fraction of sp³-hybridized carbons (Fsp3) is 0.500. The fourth-order valence-corrected chi connectivity index (χ4v) is 8.14. The fourth-order valence-electron chi connectivity index (χ4n) is 4.99. The van der Waals surface area contributed by atoms with Gasteiger partial charge in [-0.3, -0.25) is 0 Å². The van der Waals surface area contributed by atoms with E-state index < -0.39 is 13.5 Å². The summed E-state index contributed by atoms with van der Waals surface area (Å²) in [5.41, 5.74) is 5.30. The van der Waals surface area contributed by atoms with Gasteiger partial charge in [0, 0.05) is 0 Å².